The van der Waals surface area contributed by atoms with E-state index in [2.05, 4.69) is 17.1 Å². The number of aryl methyl sites for hydroxylation is 1. The lowest BCUT2D eigenvalue weighted by Gasteiger charge is -2.30. The van der Waals surface area contributed by atoms with Crippen LogP contribution >= 0.6 is 23.5 Å². The monoisotopic (exact) mass is 459 g/mol. The maximum absolute atomic E-state index is 13.3. The van der Waals surface area contributed by atoms with Gasteiger partial charge in [-0.1, -0.05) is 59.9 Å². The van der Waals surface area contributed by atoms with Crippen LogP contribution in [0.4, 0.5) is 11.4 Å². The van der Waals surface area contributed by atoms with E-state index < -0.39 is 0 Å². The van der Waals surface area contributed by atoms with Gasteiger partial charge in [0, 0.05) is 21.9 Å². The van der Waals surface area contributed by atoms with E-state index in [0.29, 0.717) is 6.42 Å². The van der Waals surface area contributed by atoms with Gasteiger partial charge >= 0.3 is 0 Å². The molecule has 0 saturated carbocycles. The first-order valence-electron chi connectivity index (χ1n) is 10.2. The highest BCUT2D eigenvalue weighted by Crippen LogP contribution is 2.48. The van der Waals surface area contributed by atoms with Gasteiger partial charge in [-0.3, -0.25) is 9.69 Å². The summed E-state index contributed by atoms with van der Waals surface area (Å²) in [6, 6.07) is 23.2. The second-order valence-electron chi connectivity index (χ2n) is 7.51. The summed E-state index contributed by atoms with van der Waals surface area (Å²) in [5.74, 6) is 0.546. The second-order valence-corrected chi connectivity index (χ2v) is 9.56. The van der Waals surface area contributed by atoms with Crippen molar-refractivity contribution in [2.24, 2.45) is 0 Å². The zero-order chi connectivity index (χ0) is 22.1. The molecular formula is C25H21N3O2S2. The van der Waals surface area contributed by atoms with Crippen LogP contribution in [0, 0.1) is 6.92 Å². The maximum atomic E-state index is 13.3. The van der Waals surface area contributed by atoms with Crippen LogP contribution in [-0.4, -0.2) is 26.7 Å². The van der Waals surface area contributed by atoms with Crippen molar-refractivity contribution in [3.05, 3.63) is 89.7 Å². The molecule has 1 aromatic heterocycles. The number of nitrogens with zero attached hydrogens (tertiary/aromatic N) is 2. The van der Waals surface area contributed by atoms with Gasteiger partial charge in [0.1, 0.15) is 5.75 Å². The van der Waals surface area contributed by atoms with Crippen molar-refractivity contribution in [3.8, 4) is 5.75 Å². The Morgan fingerprint density at radius 3 is 2.28 bits per heavy atom. The molecule has 7 heteroatoms. The fourth-order valence-corrected chi connectivity index (χ4v) is 5.53. The van der Waals surface area contributed by atoms with E-state index in [-0.39, 0.29) is 17.4 Å². The number of amides is 1. The topological polar surface area (TPSA) is 69.2 Å². The van der Waals surface area contributed by atoms with Crippen molar-refractivity contribution >= 4 is 40.8 Å². The molecule has 1 aliphatic heterocycles. The van der Waals surface area contributed by atoms with Crippen LogP contribution in [0.3, 0.4) is 0 Å². The molecule has 2 N–H and O–H groups in total. The van der Waals surface area contributed by atoms with Gasteiger partial charge in [0.2, 0.25) is 5.91 Å². The number of carbonyl (C=O) groups is 1. The lowest BCUT2D eigenvalue weighted by atomic mass is 10.1. The number of imidazole rings is 1. The van der Waals surface area contributed by atoms with Crippen LogP contribution in [0.25, 0.3) is 0 Å². The largest absolute Gasteiger partial charge is 0.508 e. The van der Waals surface area contributed by atoms with Crippen LogP contribution in [0.15, 0.2) is 87.7 Å². The minimum atomic E-state index is 0.0179. The van der Waals surface area contributed by atoms with E-state index in [1.54, 1.807) is 23.9 Å². The number of aromatic hydroxyl groups is 1. The predicted molar refractivity (Wildman–Crippen MR) is 129 cm³/mol. The lowest BCUT2D eigenvalue weighted by Crippen LogP contribution is -2.30. The number of H-pyrrole nitrogens is 1. The predicted octanol–water partition coefficient (Wildman–Crippen LogP) is 5.94. The number of nitrogens with one attached hydrogen (secondary N) is 1. The molecule has 0 atom stereocenters. The molecule has 0 fully saturated rings. The average molecular weight is 460 g/mol. The summed E-state index contributed by atoms with van der Waals surface area (Å²) in [5.41, 5.74) is 4.84. The van der Waals surface area contributed by atoms with E-state index in [0.717, 1.165) is 43.3 Å². The molecule has 0 saturated heterocycles. The number of aromatic amines is 1. The molecule has 0 bridgehead atoms. The summed E-state index contributed by atoms with van der Waals surface area (Å²) in [6.45, 7) is 1.99. The second kappa shape index (κ2) is 8.76. The molecule has 0 aliphatic carbocycles. The van der Waals surface area contributed by atoms with Crippen LogP contribution in [0.5, 0.6) is 5.75 Å². The Kier molecular flexibility index (Phi) is 5.68. The molecule has 3 aromatic carbocycles. The summed E-state index contributed by atoms with van der Waals surface area (Å²) in [6.07, 6.45) is 0.668. The van der Waals surface area contributed by atoms with Crippen LogP contribution < -0.4 is 4.90 Å². The number of thioether (sulfide) groups is 1. The number of rotatable bonds is 5. The van der Waals surface area contributed by atoms with Crippen molar-refractivity contribution in [2.45, 2.75) is 28.3 Å². The van der Waals surface area contributed by atoms with Gasteiger partial charge in [0.05, 0.1) is 22.8 Å². The van der Waals surface area contributed by atoms with E-state index in [4.69, 9.17) is 4.98 Å². The SMILES string of the molecule is Cc1[nH]c(SCC(=O)N2c3ccccc3Sc3ccccc32)nc1Cc1ccc(O)cc1. The fraction of sp³-hybridized carbons (Fsp3) is 0.120. The summed E-state index contributed by atoms with van der Waals surface area (Å²) in [7, 11) is 0. The Hall–Kier alpha value is -3.16. The van der Waals surface area contributed by atoms with E-state index in [9.17, 15) is 9.90 Å². The number of benzene rings is 3. The summed E-state index contributed by atoms with van der Waals surface area (Å²) >= 11 is 3.11. The number of aromatic nitrogens is 2. The Morgan fingerprint density at radius 2 is 1.62 bits per heavy atom. The van der Waals surface area contributed by atoms with E-state index >= 15 is 0 Å². The fourth-order valence-electron chi connectivity index (χ4n) is 3.68. The summed E-state index contributed by atoms with van der Waals surface area (Å²) in [4.78, 5) is 25.3. The molecule has 4 aromatic rings. The molecular weight excluding hydrogens is 438 g/mol. The third-order valence-electron chi connectivity index (χ3n) is 5.29. The molecule has 0 radical (unpaired) electrons. The number of para-hydroxylation sites is 2. The van der Waals surface area contributed by atoms with E-state index in [1.165, 1.54) is 11.8 Å². The van der Waals surface area contributed by atoms with Crippen LogP contribution in [0.2, 0.25) is 0 Å². The smallest absolute Gasteiger partial charge is 0.242 e. The Labute approximate surface area is 194 Å². The lowest BCUT2D eigenvalue weighted by molar-refractivity contribution is -0.115. The van der Waals surface area contributed by atoms with Crippen LogP contribution in [0.1, 0.15) is 17.0 Å². The molecule has 5 nitrogen and oxygen atoms in total. The molecule has 2 heterocycles. The molecule has 0 spiro atoms. The Balaban J connectivity index is 1.33. The average Bonchev–Trinajstić information content (AvgIpc) is 3.16. The third-order valence-corrected chi connectivity index (χ3v) is 7.27. The Bertz CT molecular complexity index is 1240. The van der Waals surface area contributed by atoms with Gasteiger partial charge in [0.25, 0.3) is 0 Å². The standard InChI is InChI=1S/C25H21N3O2S2/c1-16-19(14-17-10-12-18(29)13-11-17)27-25(26-16)31-15-24(30)28-20-6-2-4-8-22(20)32-23-9-5-3-7-21(23)28/h2-13,29H,14-15H2,1H3,(H,26,27). The highest BCUT2D eigenvalue weighted by atomic mass is 32.2. The number of carbonyl (C=O) groups excluding carboxylic acids is 1. The number of hydrogen-bond donors (Lipinski definition) is 2. The minimum absolute atomic E-state index is 0.0179. The zero-order valence-corrected chi connectivity index (χ0v) is 19.0. The van der Waals surface area contributed by atoms with E-state index in [1.807, 2.05) is 60.4 Å². The number of hydrogen-bond acceptors (Lipinski definition) is 5. The Morgan fingerprint density at radius 1 is 1.00 bits per heavy atom. The number of anilines is 2. The maximum Gasteiger partial charge on any atom is 0.242 e. The molecule has 5 rings (SSSR count). The molecule has 0 unspecified atom stereocenters. The van der Waals surface area contributed by atoms with Gasteiger partial charge in [-0.2, -0.15) is 0 Å². The molecule has 1 aliphatic rings. The third kappa shape index (κ3) is 4.13. The van der Waals surface area contributed by atoms with Gasteiger partial charge in [-0.05, 0) is 48.9 Å². The summed E-state index contributed by atoms with van der Waals surface area (Å²) in [5, 5.41) is 10.2. The van der Waals surface area contributed by atoms with Gasteiger partial charge in [-0.15, -0.1) is 0 Å². The summed E-state index contributed by atoms with van der Waals surface area (Å²) < 4.78 is 0. The first kappa shape index (κ1) is 20.7. The van der Waals surface area contributed by atoms with Crippen molar-refractivity contribution in [3.63, 3.8) is 0 Å². The van der Waals surface area contributed by atoms with Crippen LogP contribution in [-0.2, 0) is 11.2 Å². The van der Waals surface area contributed by atoms with Crippen molar-refractivity contribution in [1.82, 2.24) is 9.97 Å². The quantitative estimate of drug-likeness (QED) is 0.362. The zero-order valence-electron chi connectivity index (χ0n) is 17.4. The molecule has 160 valence electrons. The number of fused-ring (bicyclic) bond motifs is 2. The normalized spacial score (nSPS) is 12.3. The van der Waals surface area contributed by atoms with Gasteiger partial charge in [0.15, 0.2) is 5.16 Å². The minimum Gasteiger partial charge on any atom is -0.508 e. The highest BCUT2D eigenvalue weighted by Gasteiger charge is 2.28. The number of phenols is 1. The molecule has 32 heavy (non-hydrogen) atoms. The molecule has 1 amide bonds. The first-order chi connectivity index (χ1) is 15.6. The van der Waals surface area contributed by atoms with Gasteiger partial charge in [-0.25, -0.2) is 4.98 Å². The first-order valence-corrected chi connectivity index (χ1v) is 12.0. The number of phenolic OH excluding ortho intramolecular Hbond substituents is 1. The highest BCUT2D eigenvalue weighted by molar-refractivity contribution is 8.00. The van der Waals surface area contributed by atoms with Gasteiger partial charge < -0.3 is 10.1 Å². The van der Waals surface area contributed by atoms with Crippen molar-refractivity contribution in [1.29, 1.82) is 0 Å². The van der Waals surface area contributed by atoms with Crippen molar-refractivity contribution in [2.75, 3.05) is 10.7 Å². The van der Waals surface area contributed by atoms with Crippen molar-refractivity contribution < 1.29 is 9.90 Å².